The fourth-order valence-corrected chi connectivity index (χ4v) is 25.4. The van der Waals surface area contributed by atoms with Crippen LogP contribution in [0.1, 0.15) is 277 Å². The lowest BCUT2D eigenvalue weighted by Gasteiger charge is -2.45. The molecule has 19 N–H and O–H groups in total. The van der Waals surface area contributed by atoms with Crippen molar-refractivity contribution in [2.24, 2.45) is 50.4 Å². The van der Waals surface area contributed by atoms with Crippen LogP contribution < -0.4 is 49.4 Å². The predicted molar refractivity (Wildman–Crippen MR) is 575 cm³/mol. The number of likely N-dealkylation sites (N-methyl/N-ethyl adjacent to an activating group) is 1. The van der Waals surface area contributed by atoms with E-state index in [2.05, 4.69) is 280 Å². The smallest absolute Gasteiger partial charge is 0.0910 e. The van der Waals surface area contributed by atoms with Gasteiger partial charge in [-0.05, 0) is 286 Å². The lowest BCUT2D eigenvalue weighted by Crippen LogP contribution is -2.46. The van der Waals surface area contributed by atoms with Crippen molar-refractivity contribution in [1.29, 1.82) is 5.41 Å². The number of fused-ring (bicyclic) bond motifs is 13. The summed E-state index contributed by atoms with van der Waals surface area (Å²) in [6.07, 6.45) is 49.3. The number of hydrazone groups is 3. The van der Waals surface area contributed by atoms with Gasteiger partial charge >= 0.3 is 0 Å². The summed E-state index contributed by atoms with van der Waals surface area (Å²) in [5.74, 6) is 2.21. The molecule has 9 aromatic rings. The number of hydrogen-bond donors (Lipinski definition) is 16. The molecule has 13 atom stereocenters. The highest BCUT2D eigenvalue weighted by molar-refractivity contribution is 6.04. The lowest BCUT2D eigenvalue weighted by atomic mass is 9.71. The fourth-order valence-electron chi connectivity index (χ4n) is 25.4. The van der Waals surface area contributed by atoms with Crippen molar-refractivity contribution in [3.63, 3.8) is 0 Å². The Hall–Kier alpha value is -12.9. The van der Waals surface area contributed by atoms with Gasteiger partial charge in [-0.1, -0.05) is 60.8 Å². The van der Waals surface area contributed by atoms with Gasteiger partial charge in [-0.3, -0.25) is 30.6 Å². The molecule has 3 fully saturated rings. The van der Waals surface area contributed by atoms with E-state index in [4.69, 9.17) is 32.6 Å². The first-order valence-electron chi connectivity index (χ1n) is 53.1. The largest absolute Gasteiger partial charge is 0.397 e. The van der Waals surface area contributed by atoms with Gasteiger partial charge in [-0.2, -0.15) is 45.9 Å². The van der Waals surface area contributed by atoms with E-state index in [1.54, 1.807) is 11.1 Å². The van der Waals surface area contributed by atoms with Gasteiger partial charge in [-0.15, -0.1) is 0 Å². The number of aromatic nitrogens is 14. The highest BCUT2D eigenvalue weighted by atomic mass is 15.4. The first kappa shape index (κ1) is 97.5. The number of anilines is 2. The third-order valence-corrected chi connectivity index (χ3v) is 33.2. The van der Waals surface area contributed by atoms with E-state index in [0.29, 0.717) is 30.5 Å². The third kappa shape index (κ3) is 18.0. The van der Waals surface area contributed by atoms with E-state index in [1.165, 1.54) is 182 Å². The molecule has 754 valence electrons. The molecular formula is C111H150N32. The Kier molecular flexibility index (Phi) is 28.2. The summed E-state index contributed by atoms with van der Waals surface area (Å²) in [7, 11) is 4.36. The van der Waals surface area contributed by atoms with E-state index in [-0.39, 0.29) is 48.1 Å². The number of nitrogens with zero attached hydrogens (tertiary/aromatic N) is 16. The highest BCUT2D eigenvalue weighted by Gasteiger charge is 2.48. The summed E-state index contributed by atoms with van der Waals surface area (Å²) in [6, 6.07) is 3.61. The summed E-state index contributed by atoms with van der Waals surface area (Å²) < 4.78 is 0. The topological polar surface area (TPSA) is 425 Å². The van der Waals surface area contributed by atoms with Gasteiger partial charge in [0.05, 0.1) is 147 Å². The fraction of sp³-hybridized carbons (Fsp3) is 0.514. The number of aryl methyl sites for hydroxylation is 5. The molecule has 1 aromatic carbocycles. The molecule has 0 saturated carbocycles. The number of nitrogen functional groups attached to an aromatic ring is 1. The van der Waals surface area contributed by atoms with E-state index in [1.807, 2.05) is 50.2 Å². The van der Waals surface area contributed by atoms with Crippen molar-refractivity contribution in [3.8, 4) is 22.5 Å². The van der Waals surface area contributed by atoms with Crippen LogP contribution in [0.3, 0.4) is 0 Å². The van der Waals surface area contributed by atoms with Gasteiger partial charge < -0.3 is 79.3 Å². The van der Waals surface area contributed by atoms with Crippen molar-refractivity contribution in [1.82, 2.24) is 123 Å². The molecule has 8 aromatic heterocycles. The number of rotatable bonds is 22. The zero-order chi connectivity index (χ0) is 99.4. The van der Waals surface area contributed by atoms with Gasteiger partial charge in [-0.25, -0.2) is 9.97 Å². The van der Waals surface area contributed by atoms with E-state index >= 15 is 0 Å². The van der Waals surface area contributed by atoms with Gasteiger partial charge in [0.2, 0.25) is 0 Å². The number of nitrogens with two attached hydrogens (primary N) is 3. The Bertz CT molecular complexity index is 6670. The minimum atomic E-state index is -0.251. The number of pyridine rings is 2. The second-order valence-corrected chi connectivity index (χ2v) is 42.6. The van der Waals surface area contributed by atoms with E-state index in [0.717, 1.165) is 212 Å². The Balaban J connectivity index is 0.000000109. The molecule has 17 heterocycles. The molecule has 143 heavy (non-hydrogen) atoms. The summed E-state index contributed by atoms with van der Waals surface area (Å²) in [5.41, 5.74) is 75.7. The number of likely N-dealkylation sites (tertiary alicyclic amines) is 3. The minimum absolute atomic E-state index is 0.151. The second-order valence-electron chi connectivity index (χ2n) is 42.6. The molecule has 32 heteroatoms. The number of aromatic amines is 6. The monoisotopic (exact) mass is 1930 g/mol. The molecule has 0 radical (unpaired) electrons. The molecule has 32 nitrogen and oxygen atoms in total. The lowest BCUT2D eigenvalue weighted by molar-refractivity contribution is 0.235. The number of dihydropyridines is 2. The van der Waals surface area contributed by atoms with Crippen LogP contribution in [0.5, 0.6) is 0 Å². The van der Waals surface area contributed by atoms with Crippen LogP contribution in [0.2, 0.25) is 0 Å². The van der Waals surface area contributed by atoms with Crippen molar-refractivity contribution >= 4 is 64.1 Å². The zero-order valence-corrected chi connectivity index (χ0v) is 86.7. The normalized spacial score (nSPS) is 24.9. The molecule has 12 unspecified atom stereocenters. The summed E-state index contributed by atoms with van der Waals surface area (Å²) >= 11 is 0. The number of hydrogen-bond acceptors (Lipinski definition) is 26. The third-order valence-electron chi connectivity index (χ3n) is 33.2. The number of allylic oxidation sites excluding steroid dienone is 3. The average Bonchev–Trinajstić information content (AvgIpc) is 1.72. The maximum atomic E-state index is 8.08. The molecule has 0 spiro atoms. The molecule has 15 aliphatic rings. The maximum Gasteiger partial charge on any atom is 0.0910 e. The van der Waals surface area contributed by atoms with Gasteiger partial charge in [0, 0.05) is 187 Å². The Morgan fingerprint density at radius 2 is 1.03 bits per heavy atom. The van der Waals surface area contributed by atoms with Crippen molar-refractivity contribution in [3.05, 3.63) is 225 Å². The van der Waals surface area contributed by atoms with Crippen LogP contribution in [0.4, 0.5) is 11.4 Å². The van der Waals surface area contributed by atoms with Crippen LogP contribution in [-0.4, -0.2) is 224 Å². The van der Waals surface area contributed by atoms with Crippen LogP contribution in [-0.2, 0) is 12.8 Å². The Morgan fingerprint density at radius 1 is 0.510 bits per heavy atom. The van der Waals surface area contributed by atoms with Crippen LogP contribution >= 0.6 is 0 Å². The zero-order valence-electron chi connectivity index (χ0n) is 86.7. The molecule has 3 saturated heterocycles. The number of nitrogens with one attached hydrogen (secondary N) is 13. The molecule has 9 aliphatic heterocycles. The minimum Gasteiger partial charge on any atom is -0.397 e. The predicted octanol–water partition coefficient (Wildman–Crippen LogP) is 16.7. The van der Waals surface area contributed by atoms with E-state index < -0.39 is 0 Å². The molecular weight excluding hydrogens is 1780 g/mol. The number of H-pyrrole nitrogens is 6. The SMILES string of the molecule is CCCC1=C(C)C2=C(NC1c1cn[nH]c1C)C(N1CCC(C(C)C)C1)=CC1NN=CC21.CCCc1c(-c2cn[nH]c2C)nc2c(c1C)C(C=N)C(N)C=C2N(CCC)CCN.CCCc1c(-c2cn[nH]c2C)nc2c(c1C)C1C=NNC1C=C2N1CC[C@H](N(C)C)C1.Cc1[nH]ncc1C1NC2=C(C3=C1CCCC3)C1C=NNC1C=C2N1CCC1.Cc1[nH]ncc1C1Nc2c(N)cc3[nH]ncc3c2C2=C1CCCC2. The first-order chi connectivity index (χ1) is 69.5. The van der Waals surface area contributed by atoms with E-state index in [9.17, 15) is 0 Å². The van der Waals surface area contributed by atoms with Gasteiger partial charge in [0.1, 0.15) is 0 Å². The first-order valence-corrected chi connectivity index (χ1v) is 53.1. The van der Waals surface area contributed by atoms with Crippen molar-refractivity contribution in [2.75, 3.05) is 84.0 Å². The quantitative estimate of drug-likeness (QED) is 0.0221. The molecule has 24 rings (SSSR count). The summed E-state index contributed by atoms with van der Waals surface area (Å²) in [5, 5.41) is 78.5. The van der Waals surface area contributed by atoms with Crippen molar-refractivity contribution in [2.45, 2.75) is 273 Å². The molecule has 0 amide bonds. The Labute approximate surface area is 841 Å². The standard InChI is InChI=1S/C25H36N6.C24H33N7.C23H35N7.C21H26N6.C18H20N6/c1-6-7-18-15(4)23-20-12-27-30-21(20)10-22(31-9-8-17(13-31)14(2)3)25(23)28-24(18)19-11-26-29-16(19)5;1-6-7-17-14(2)22-19-12-26-29-20(19)10-21(31-9-8-16(13-31)30(4)5)24(22)27-23(17)18-11-25-28-15(18)3;1-5-7-16-14(3)21-17(12-25)19(26)11-20(30(9-6-2)10-8-24)23(21)28-22(16)18-13-27-29-15(18)4;1-12-15(10-22-25-12)20-14-6-3-2-5-13(14)19-16-11-23-26-17(16)9-18(21(19)24-20)27-7-4-8-27;1-9-12(7-20-23-9)17-11-5-3-2-4-10(11)16-13-8-21-24-15(13)6-14(19)18(16)22-17/h10-12,14,17,20-21,24,28,30H,6-9,13H2,1-5H3,(H,26,29);10-12,16,19-20,29H,6-9,13H2,1-5H3,(H,25,28);11-13,17,19,25H,5-10,24,26H2,1-4H3,(H,27,29);9-11,16-17,20,24,26H,2-8H2,1H3,(H,22,25);6-8,17,22H,2-5,19H2,1H3,(H,20,23)(H,21,24)/t;16-,19?,20?;;;/m.0.../s1. The molecule has 0 bridgehead atoms. The van der Waals surface area contributed by atoms with Crippen LogP contribution in [0, 0.1) is 77.5 Å². The summed E-state index contributed by atoms with van der Waals surface area (Å²) in [4.78, 5) is 22.9. The number of benzene rings is 1. The van der Waals surface area contributed by atoms with Crippen LogP contribution in [0.15, 0.2) is 145 Å². The van der Waals surface area contributed by atoms with Gasteiger partial charge in [0.15, 0.2) is 0 Å². The van der Waals surface area contributed by atoms with Gasteiger partial charge in [0.25, 0.3) is 0 Å². The highest BCUT2D eigenvalue weighted by Crippen LogP contribution is 2.55. The average molecular weight is 1930 g/mol. The van der Waals surface area contributed by atoms with Crippen LogP contribution in [0.25, 0.3) is 50.4 Å². The second kappa shape index (κ2) is 41.4. The summed E-state index contributed by atoms with van der Waals surface area (Å²) in [6.45, 7) is 39.7. The molecule has 6 aliphatic carbocycles. The maximum absolute atomic E-state index is 8.08. The Morgan fingerprint density at radius 3 is 1.58 bits per heavy atom. The van der Waals surface area contributed by atoms with Crippen molar-refractivity contribution < 1.29 is 0 Å².